The number of aromatic nitrogens is 2. The summed E-state index contributed by atoms with van der Waals surface area (Å²) in [6.45, 7) is 1.60. The van der Waals surface area contributed by atoms with Crippen molar-refractivity contribution >= 4 is 12.1 Å². The Balaban J connectivity index is 2.14. The van der Waals surface area contributed by atoms with E-state index in [9.17, 15) is 14.9 Å². The van der Waals surface area contributed by atoms with Gasteiger partial charge in [0.15, 0.2) is 0 Å². The average Bonchev–Trinajstić information content (AvgIpc) is 2.60. The van der Waals surface area contributed by atoms with Gasteiger partial charge in [0, 0.05) is 36.3 Å². The minimum Gasteiger partial charge on any atom is -0.380 e. The van der Waals surface area contributed by atoms with Gasteiger partial charge in [-0.15, -0.1) is 0 Å². The number of rotatable bonds is 6. The number of carbonyl (C=O) groups is 1. The number of ether oxygens (including phenoxy) is 1. The zero-order chi connectivity index (χ0) is 18.2. The molecule has 2 heterocycles. The molecule has 0 aliphatic rings. The molecule has 128 valence electrons. The Bertz CT molecular complexity index is 882. The second-order valence-electron chi connectivity index (χ2n) is 5.20. The van der Waals surface area contributed by atoms with Crippen molar-refractivity contribution in [3.63, 3.8) is 0 Å². The molecule has 0 atom stereocenters. The molecule has 0 bridgehead atoms. The van der Waals surface area contributed by atoms with Crippen LogP contribution in [0.15, 0.2) is 40.5 Å². The number of methoxy groups -OCH3 is 1. The smallest absolute Gasteiger partial charge is 0.269 e. The lowest BCUT2D eigenvalue weighted by Gasteiger charge is -2.12. The van der Waals surface area contributed by atoms with Gasteiger partial charge in [0.1, 0.15) is 18.2 Å². The zero-order valence-corrected chi connectivity index (χ0v) is 13.9. The summed E-state index contributed by atoms with van der Waals surface area (Å²) in [5.74, 6) is -0.478. The van der Waals surface area contributed by atoms with Gasteiger partial charge in [0.2, 0.25) is 0 Å². The maximum absolute atomic E-state index is 12.4. The summed E-state index contributed by atoms with van der Waals surface area (Å²) >= 11 is 0. The standard InChI is InChI=1S/C17H17N5O3/c1-12-6-14(11-25-2)15(7-18)17(24)22(12)10-16(23)21-20-9-13-4-3-5-19-8-13/h3-6,8-9H,10-11H2,1-2H3,(H,21,23)/b20-9-. The van der Waals surface area contributed by atoms with Crippen LogP contribution in [-0.4, -0.2) is 28.8 Å². The van der Waals surface area contributed by atoms with Crippen molar-refractivity contribution in [2.75, 3.05) is 7.11 Å². The summed E-state index contributed by atoms with van der Waals surface area (Å²) in [6.07, 6.45) is 4.67. The van der Waals surface area contributed by atoms with E-state index in [1.165, 1.54) is 17.9 Å². The molecular weight excluding hydrogens is 322 g/mol. The normalized spacial score (nSPS) is 10.6. The van der Waals surface area contributed by atoms with Crippen LogP contribution in [-0.2, 0) is 22.7 Å². The molecule has 0 aromatic carbocycles. The molecule has 2 aromatic heterocycles. The predicted octanol–water partition coefficient (Wildman–Crippen LogP) is 0.720. The highest BCUT2D eigenvalue weighted by Gasteiger charge is 2.14. The van der Waals surface area contributed by atoms with Gasteiger partial charge in [0.05, 0.1) is 12.8 Å². The molecule has 8 heteroatoms. The maximum Gasteiger partial charge on any atom is 0.269 e. The minimum absolute atomic E-state index is 0.0286. The third kappa shape index (κ3) is 4.59. The molecule has 2 rings (SSSR count). The summed E-state index contributed by atoms with van der Waals surface area (Å²) in [5, 5.41) is 13.0. The zero-order valence-electron chi connectivity index (χ0n) is 13.9. The third-order valence-corrected chi connectivity index (χ3v) is 3.39. The predicted molar refractivity (Wildman–Crippen MR) is 90.8 cm³/mol. The summed E-state index contributed by atoms with van der Waals surface area (Å²) in [4.78, 5) is 28.3. The fourth-order valence-corrected chi connectivity index (χ4v) is 2.23. The number of amides is 1. The molecule has 8 nitrogen and oxygen atoms in total. The second-order valence-corrected chi connectivity index (χ2v) is 5.20. The Labute approximate surface area is 144 Å². The number of aryl methyl sites for hydroxylation is 1. The van der Waals surface area contributed by atoms with Crippen LogP contribution in [0.2, 0.25) is 0 Å². The number of nitriles is 1. The van der Waals surface area contributed by atoms with Crippen LogP contribution in [0, 0.1) is 18.3 Å². The highest BCUT2D eigenvalue weighted by Crippen LogP contribution is 2.08. The molecule has 0 unspecified atom stereocenters. The van der Waals surface area contributed by atoms with Gasteiger partial charge in [-0.1, -0.05) is 6.07 Å². The monoisotopic (exact) mass is 339 g/mol. The number of pyridine rings is 2. The van der Waals surface area contributed by atoms with E-state index in [0.717, 1.165) is 5.56 Å². The van der Waals surface area contributed by atoms with E-state index >= 15 is 0 Å². The van der Waals surface area contributed by atoms with Gasteiger partial charge in [-0.3, -0.25) is 14.6 Å². The SMILES string of the molecule is COCc1cc(C)n(CC(=O)N/N=C\c2cccnc2)c(=O)c1C#N. The molecule has 0 radical (unpaired) electrons. The molecule has 0 saturated carbocycles. The Hall–Kier alpha value is -3.31. The van der Waals surface area contributed by atoms with Gasteiger partial charge in [-0.2, -0.15) is 10.4 Å². The molecule has 0 aliphatic heterocycles. The summed E-state index contributed by atoms with van der Waals surface area (Å²) < 4.78 is 6.22. The fraction of sp³-hybridized carbons (Fsp3) is 0.235. The highest BCUT2D eigenvalue weighted by molar-refractivity contribution is 5.81. The van der Waals surface area contributed by atoms with E-state index in [2.05, 4.69) is 15.5 Å². The highest BCUT2D eigenvalue weighted by atomic mass is 16.5. The number of nitrogens with one attached hydrogen (secondary N) is 1. The van der Waals surface area contributed by atoms with E-state index < -0.39 is 11.5 Å². The average molecular weight is 339 g/mol. The molecule has 0 saturated heterocycles. The molecule has 0 spiro atoms. The van der Waals surface area contributed by atoms with Gasteiger partial charge in [-0.25, -0.2) is 5.43 Å². The largest absolute Gasteiger partial charge is 0.380 e. The Morgan fingerprint density at radius 3 is 3.00 bits per heavy atom. The first-order chi connectivity index (χ1) is 12.1. The van der Waals surface area contributed by atoms with Crippen molar-refractivity contribution in [2.24, 2.45) is 5.10 Å². The van der Waals surface area contributed by atoms with Gasteiger partial charge < -0.3 is 9.30 Å². The molecule has 0 fully saturated rings. The van der Waals surface area contributed by atoms with Crippen molar-refractivity contribution in [3.8, 4) is 6.07 Å². The van der Waals surface area contributed by atoms with Crippen molar-refractivity contribution in [2.45, 2.75) is 20.1 Å². The molecular formula is C17H17N5O3. The van der Waals surface area contributed by atoms with Crippen LogP contribution in [0.25, 0.3) is 0 Å². The number of hydrazone groups is 1. The topological polar surface area (TPSA) is 109 Å². The van der Waals surface area contributed by atoms with Crippen LogP contribution < -0.4 is 11.0 Å². The van der Waals surface area contributed by atoms with E-state index in [1.807, 2.05) is 6.07 Å². The fourth-order valence-electron chi connectivity index (χ4n) is 2.23. The lowest BCUT2D eigenvalue weighted by Crippen LogP contribution is -2.33. The number of nitrogens with zero attached hydrogens (tertiary/aromatic N) is 4. The molecule has 2 aromatic rings. The van der Waals surface area contributed by atoms with E-state index in [1.54, 1.807) is 37.5 Å². The quantitative estimate of drug-likeness (QED) is 0.616. The maximum atomic E-state index is 12.4. The van der Waals surface area contributed by atoms with Crippen molar-refractivity contribution in [1.82, 2.24) is 15.0 Å². The number of hydrogen-bond acceptors (Lipinski definition) is 6. The second kappa shape index (κ2) is 8.52. The van der Waals surface area contributed by atoms with Crippen molar-refractivity contribution < 1.29 is 9.53 Å². The van der Waals surface area contributed by atoms with Crippen LogP contribution in [0.3, 0.4) is 0 Å². The van der Waals surface area contributed by atoms with E-state index in [-0.39, 0.29) is 18.7 Å². The molecule has 1 amide bonds. The van der Waals surface area contributed by atoms with Gasteiger partial charge in [0.25, 0.3) is 11.5 Å². The summed E-state index contributed by atoms with van der Waals surface area (Å²) in [6, 6.07) is 7.06. The van der Waals surface area contributed by atoms with Gasteiger partial charge in [-0.05, 0) is 19.1 Å². The van der Waals surface area contributed by atoms with Crippen LogP contribution in [0.5, 0.6) is 0 Å². The Morgan fingerprint density at radius 1 is 1.56 bits per heavy atom. The van der Waals surface area contributed by atoms with Crippen LogP contribution in [0.1, 0.15) is 22.4 Å². The van der Waals surface area contributed by atoms with Crippen molar-refractivity contribution in [1.29, 1.82) is 5.26 Å². The lowest BCUT2D eigenvalue weighted by molar-refractivity contribution is -0.121. The first-order valence-corrected chi connectivity index (χ1v) is 7.41. The van der Waals surface area contributed by atoms with E-state index in [0.29, 0.717) is 11.3 Å². The third-order valence-electron chi connectivity index (χ3n) is 3.39. The Morgan fingerprint density at radius 2 is 2.36 bits per heavy atom. The number of hydrogen-bond donors (Lipinski definition) is 1. The first kappa shape index (κ1) is 18.0. The lowest BCUT2D eigenvalue weighted by atomic mass is 10.1. The van der Waals surface area contributed by atoms with Crippen LogP contribution in [0.4, 0.5) is 0 Å². The van der Waals surface area contributed by atoms with Crippen molar-refractivity contribution in [3.05, 3.63) is 63.3 Å². The molecule has 0 aliphatic carbocycles. The minimum atomic E-state index is -0.527. The number of carbonyl (C=O) groups excluding carboxylic acids is 1. The van der Waals surface area contributed by atoms with Crippen LogP contribution >= 0.6 is 0 Å². The Kier molecular flexibility index (Phi) is 6.14. The molecule has 1 N–H and O–H groups in total. The first-order valence-electron chi connectivity index (χ1n) is 7.41. The van der Waals surface area contributed by atoms with Gasteiger partial charge >= 0.3 is 0 Å². The summed E-state index contributed by atoms with van der Waals surface area (Å²) in [5.41, 5.74) is 3.58. The molecule has 25 heavy (non-hydrogen) atoms. The van der Waals surface area contributed by atoms with E-state index in [4.69, 9.17) is 4.74 Å². The summed E-state index contributed by atoms with van der Waals surface area (Å²) in [7, 11) is 1.48.